The zero-order valence-corrected chi connectivity index (χ0v) is 31.7. The maximum atomic E-state index is 3.81. The topological polar surface area (TPSA) is 0 Å². The third kappa shape index (κ3) is 9.03. The van der Waals surface area contributed by atoms with E-state index >= 15 is 0 Å². The van der Waals surface area contributed by atoms with Gasteiger partial charge in [0.05, 0.1) is 0 Å². The highest BCUT2D eigenvalue weighted by Gasteiger charge is 2.07. The minimum atomic E-state index is 1.04. The molecule has 0 N–H and O–H groups in total. The van der Waals surface area contributed by atoms with E-state index in [0.29, 0.717) is 0 Å². The van der Waals surface area contributed by atoms with Gasteiger partial charge in [0.15, 0.2) is 0 Å². The molecule has 0 radical (unpaired) electrons. The predicted molar refractivity (Wildman–Crippen MR) is 232 cm³/mol. The average molecular weight is 797 g/mol. The lowest BCUT2D eigenvalue weighted by atomic mass is 9.95. The molecule has 0 spiro atoms. The highest BCUT2D eigenvalue weighted by Crippen LogP contribution is 2.31. The van der Waals surface area contributed by atoms with Crippen molar-refractivity contribution in [1.82, 2.24) is 0 Å². The lowest BCUT2D eigenvalue weighted by Gasteiger charge is -2.09. The predicted octanol–water partition coefficient (Wildman–Crippen LogP) is 14.7. The van der Waals surface area contributed by atoms with Crippen molar-refractivity contribution in [2.45, 2.75) is 0 Å². The molecule has 7 rings (SSSR count). The Bertz CT molecular complexity index is 2100. The summed E-state index contributed by atoms with van der Waals surface area (Å²) in [6.45, 7) is 0. The van der Waals surface area contributed by atoms with E-state index in [2.05, 4.69) is 250 Å². The Morgan fingerprint density at radius 2 is 0.577 bits per heavy atom. The summed E-state index contributed by atoms with van der Waals surface area (Å²) in [5.41, 5.74) is 14.0. The zero-order chi connectivity index (χ0) is 35.5. The van der Waals surface area contributed by atoms with Gasteiger partial charge in [-0.3, -0.25) is 0 Å². The molecule has 2 heteroatoms. The molecule has 0 amide bonds. The van der Waals surface area contributed by atoms with Crippen molar-refractivity contribution in [3.63, 3.8) is 0 Å². The fourth-order valence-corrected chi connectivity index (χ4v) is 7.07. The summed E-state index contributed by atoms with van der Waals surface area (Å²) >= 11 is 7.63. The summed E-state index contributed by atoms with van der Waals surface area (Å²) < 4.78 is 2.08. The van der Waals surface area contributed by atoms with Gasteiger partial charge in [-0.25, -0.2) is 0 Å². The van der Waals surface area contributed by atoms with Crippen molar-refractivity contribution < 1.29 is 0 Å². The summed E-state index contributed by atoms with van der Waals surface area (Å²) in [6, 6.07) is 64.0. The van der Waals surface area contributed by atoms with Crippen LogP contribution in [0.2, 0.25) is 0 Å². The van der Waals surface area contributed by atoms with Crippen LogP contribution in [0.25, 0.3) is 47.6 Å². The molecule has 0 saturated heterocycles. The van der Waals surface area contributed by atoms with Crippen LogP contribution in [0.5, 0.6) is 0 Å². The number of hydrogen-bond donors (Lipinski definition) is 0. The molecule has 0 atom stereocenters. The van der Waals surface area contributed by atoms with Crippen LogP contribution in [0.1, 0.15) is 55.6 Å². The molecule has 0 aliphatic rings. The zero-order valence-electron chi connectivity index (χ0n) is 28.5. The van der Waals surface area contributed by atoms with Crippen LogP contribution in [0.4, 0.5) is 0 Å². The summed E-state index contributed by atoms with van der Waals surface area (Å²) in [7, 11) is 0. The largest absolute Gasteiger partial charge is 0.0622 e. The van der Waals surface area contributed by atoms with Gasteiger partial charge in [0.25, 0.3) is 0 Å². The average Bonchev–Trinajstić information content (AvgIpc) is 3.21. The molecule has 0 aliphatic heterocycles. The van der Waals surface area contributed by atoms with Crippen molar-refractivity contribution in [3.8, 4) is 0 Å². The smallest absolute Gasteiger partial charge is 0.0254 e. The molecule has 52 heavy (non-hydrogen) atoms. The van der Waals surface area contributed by atoms with Gasteiger partial charge in [0.1, 0.15) is 0 Å². The molecule has 0 unspecified atom stereocenters. The van der Waals surface area contributed by atoms with E-state index in [-0.39, 0.29) is 0 Å². The molecule has 0 aliphatic carbocycles. The molecule has 0 saturated carbocycles. The molecule has 7 aromatic carbocycles. The summed E-state index contributed by atoms with van der Waals surface area (Å²) in [4.78, 5) is 0. The van der Waals surface area contributed by atoms with Crippen LogP contribution < -0.4 is 0 Å². The molecule has 0 aromatic heterocycles. The maximum Gasteiger partial charge on any atom is 0.0254 e. The summed E-state index contributed by atoms with van der Waals surface area (Å²) in [5, 5.41) is 0. The van der Waals surface area contributed by atoms with Gasteiger partial charge >= 0.3 is 0 Å². The van der Waals surface area contributed by atoms with E-state index in [9.17, 15) is 0 Å². The van der Waals surface area contributed by atoms with Crippen LogP contribution in [0, 0.1) is 0 Å². The fraction of sp³-hybridized carbons (Fsp3) is 0. The Balaban J connectivity index is 1.04. The van der Waals surface area contributed by atoms with Gasteiger partial charge in [-0.15, -0.1) is 0 Å². The lowest BCUT2D eigenvalue weighted by molar-refractivity contribution is 1.53. The molecular formula is C50H36Br2. The third-order valence-corrected chi connectivity index (χ3v) is 10.2. The van der Waals surface area contributed by atoms with E-state index in [1.54, 1.807) is 0 Å². The Morgan fingerprint density at radius 3 is 0.865 bits per heavy atom. The van der Waals surface area contributed by atoms with Gasteiger partial charge in [-0.05, 0) is 91.1 Å². The second kappa shape index (κ2) is 17.1. The first-order chi connectivity index (χ1) is 25.6. The maximum absolute atomic E-state index is 3.81. The van der Waals surface area contributed by atoms with Gasteiger partial charge < -0.3 is 0 Å². The van der Waals surface area contributed by atoms with Crippen LogP contribution in [-0.2, 0) is 0 Å². The monoisotopic (exact) mass is 794 g/mol. The normalized spacial score (nSPS) is 11.1. The first kappa shape index (κ1) is 34.9. The second-order valence-electron chi connectivity index (χ2n) is 12.5. The fourth-order valence-electron chi connectivity index (χ4n) is 6.08. The third-order valence-electron chi connectivity index (χ3n) is 8.86. The van der Waals surface area contributed by atoms with E-state index in [1.165, 1.54) is 33.4 Å². The standard InChI is InChI=1S/C50H36Br2/c51-49-36-46(32-30-38-23-27-40(28-24-38)34-48(43-17-9-3-10-18-43)44-19-11-4-12-20-44)50(52)35-45(49)31-29-37-21-25-39(26-22-37)33-47(41-13-5-1-6-14-41)42-15-7-2-8-16-42/h1-36H. The van der Waals surface area contributed by atoms with Crippen molar-refractivity contribution in [1.29, 1.82) is 0 Å². The highest BCUT2D eigenvalue weighted by molar-refractivity contribution is 9.11. The van der Waals surface area contributed by atoms with E-state index in [4.69, 9.17) is 0 Å². The van der Waals surface area contributed by atoms with E-state index in [0.717, 1.165) is 42.3 Å². The first-order valence-corrected chi connectivity index (χ1v) is 18.9. The summed E-state index contributed by atoms with van der Waals surface area (Å²) in [6.07, 6.45) is 13.1. The van der Waals surface area contributed by atoms with Crippen molar-refractivity contribution >= 4 is 79.5 Å². The molecule has 0 bridgehead atoms. The minimum absolute atomic E-state index is 1.04. The first-order valence-electron chi connectivity index (χ1n) is 17.3. The number of hydrogen-bond acceptors (Lipinski definition) is 0. The quantitative estimate of drug-likeness (QED) is 0.121. The highest BCUT2D eigenvalue weighted by atomic mass is 79.9. The Kier molecular flexibility index (Phi) is 11.5. The lowest BCUT2D eigenvalue weighted by Crippen LogP contribution is -1.88. The summed E-state index contributed by atoms with van der Waals surface area (Å²) in [5.74, 6) is 0. The van der Waals surface area contributed by atoms with Crippen molar-refractivity contribution in [2.75, 3.05) is 0 Å². The van der Waals surface area contributed by atoms with Gasteiger partial charge in [0, 0.05) is 8.95 Å². The second-order valence-corrected chi connectivity index (χ2v) is 14.2. The van der Waals surface area contributed by atoms with Crippen LogP contribution in [0.15, 0.2) is 191 Å². The van der Waals surface area contributed by atoms with E-state index < -0.39 is 0 Å². The molecule has 7 aromatic rings. The number of benzene rings is 7. The molecular weight excluding hydrogens is 760 g/mol. The van der Waals surface area contributed by atoms with Crippen molar-refractivity contribution in [3.05, 3.63) is 247 Å². The van der Waals surface area contributed by atoms with E-state index in [1.807, 2.05) is 0 Å². The number of halogens is 2. The Morgan fingerprint density at radius 1 is 0.308 bits per heavy atom. The molecule has 250 valence electrons. The number of rotatable bonds is 10. The molecule has 0 nitrogen and oxygen atoms in total. The molecule has 0 fully saturated rings. The SMILES string of the molecule is Brc1cc(C=Cc2ccc(C=C(c3ccccc3)c3ccccc3)cc2)c(Br)cc1C=Cc1ccc(C=C(c2ccccc2)c2ccccc2)cc1. The van der Waals surface area contributed by atoms with Crippen LogP contribution in [-0.4, -0.2) is 0 Å². The van der Waals surface area contributed by atoms with Crippen molar-refractivity contribution in [2.24, 2.45) is 0 Å². The molecule has 0 heterocycles. The van der Waals surface area contributed by atoms with Gasteiger partial charge in [-0.2, -0.15) is 0 Å². The Hall–Kier alpha value is -5.54. The van der Waals surface area contributed by atoms with Gasteiger partial charge in [0.2, 0.25) is 0 Å². The Labute approximate surface area is 324 Å². The van der Waals surface area contributed by atoms with Gasteiger partial charge in [-0.1, -0.05) is 226 Å². The van der Waals surface area contributed by atoms with Crippen LogP contribution in [0.3, 0.4) is 0 Å². The minimum Gasteiger partial charge on any atom is -0.0622 e. The van der Waals surface area contributed by atoms with Crippen LogP contribution >= 0.6 is 31.9 Å².